The van der Waals surface area contributed by atoms with Crippen LogP contribution in [0.4, 0.5) is 0 Å². The van der Waals surface area contributed by atoms with Gasteiger partial charge in [0.05, 0.1) is 28.5 Å². The molecule has 0 aromatic carbocycles. The van der Waals surface area contributed by atoms with E-state index in [2.05, 4.69) is 48.9 Å². The van der Waals surface area contributed by atoms with E-state index in [4.69, 9.17) is 0 Å². The lowest BCUT2D eigenvalue weighted by atomic mass is 9.98. The van der Waals surface area contributed by atoms with Gasteiger partial charge in [-0.15, -0.1) is 11.3 Å². The molecule has 0 bridgehead atoms. The zero-order valence-electron chi connectivity index (χ0n) is 12.3. The van der Waals surface area contributed by atoms with Crippen LogP contribution in [0.5, 0.6) is 0 Å². The molecule has 4 rings (SSSR count). The molecule has 1 aliphatic heterocycles. The maximum Gasteiger partial charge on any atom is 0.0794 e. The molecular weight excluding hydrogens is 294 g/mol. The lowest BCUT2D eigenvalue weighted by Gasteiger charge is -2.34. The molecule has 0 amide bonds. The molecule has 3 aromatic rings. The molecule has 0 saturated carbocycles. The first-order valence-electron chi connectivity index (χ1n) is 7.71. The summed E-state index contributed by atoms with van der Waals surface area (Å²) < 4.78 is 0. The fourth-order valence-corrected chi connectivity index (χ4v) is 4.02. The van der Waals surface area contributed by atoms with Gasteiger partial charge >= 0.3 is 0 Å². The normalized spacial score (nSPS) is 19.5. The highest BCUT2D eigenvalue weighted by Gasteiger charge is 2.26. The quantitative estimate of drug-likeness (QED) is 0.774. The average molecular weight is 313 g/mol. The van der Waals surface area contributed by atoms with E-state index in [1.165, 1.54) is 35.4 Å². The van der Waals surface area contributed by atoms with Crippen molar-refractivity contribution in [3.05, 3.63) is 47.2 Å². The number of piperidine rings is 1. The van der Waals surface area contributed by atoms with E-state index in [1.807, 2.05) is 12.4 Å². The molecule has 6 heteroatoms. The number of aromatic nitrogens is 4. The van der Waals surface area contributed by atoms with Gasteiger partial charge in [-0.25, -0.2) is 0 Å². The Bertz CT molecular complexity index is 701. The Kier molecular flexibility index (Phi) is 3.78. The van der Waals surface area contributed by atoms with Crippen molar-refractivity contribution < 1.29 is 0 Å². The van der Waals surface area contributed by atoms with Gasteiger partial charge in [-0.05, 0) is 36.9 Å². The first-order valence-corrected chi connectivity index (χ1v) is 8.59. The van der Waals surface area contributed by atoms with Crippen molar-refractivity contribution in [2.24, 2.45) is 0 Å². The van der Waals surface area contributed by atoms with Crippen molar-refractivity contribution >= 4 is 11.3 Å². The van der Waals surface area contributed by atoms with E-state index < -0.39 is 0 Å². The second-order valence-corrected chi connectivity index (χ2v) is 6.69. The van der Waals surface area contributed by atoms with Gasteiger partial charge in [0.15, 0.2) is 0 Å². The largest absolute Gasteiger partial charge is 0.290 e. The van der Waals surface area contributed by atoms with Crippen LogP contribution in [0.25, 0.3) is 10.6 Å². The number of H-pyrrole nitrogens is 2. The van der Waals surface area contributed by atoms with Crippen LogP contribution >= 0.6 is 11.3 Å². The molecule has 0 aliphatic carbocycles. The van der Waals surface area contributed by atoms with Crippen LogP contribution < -0.4 is 0 Å². The SMILES string of the molecule is c1csc(-c2[nH]ncc2CN2CCCC[C@@H]2c2ccn[nH]2)c1. The third kappa shape index (κ3) is 2.60. The van der Waals surface area contributed by atoms with Crippen LogP contribution in [-0.4, -0.2) is 31.8 Å². The third-order valence-electron chi connectivity index (χ3n) is 4.35. The maximum absolute atomic E-state index is 4.27. The molecule has 5 nitrogen and oxygen atoms in total. The number of rotatable bonds is 4. The van der Waals surface area contributed by atoms with Gasteiger partial charge in [0, 0.05) is 18.3 Å². The molecule has 1 saturated heterocycles. The number of thiophene rings is 1. The van der Waals surface area contributed by atoms with Gasteiger partial charge in [0.1, 0.15) is 0 Å². The molecule has 0 unspecified atom stereocenters. The average Bonchev–Trinajstić information content (AvgIpc) is 3.30. The number of likely N-dealkylation sites (tertiary alicyclic amines) is 1. The Morgan fingerprint density at radius 3 is 3.05 bits per heavy atom. The number of hydrogen-bond acceptors (Lipinski definition) is 4. The lowest BCUT2D eigenvalue weighted by molar-refractivity contribution is 0.137. The van der Waals surface area contributed by atoms with Crippen LogP contribution in [-0.2, 0) is 6.54 Å². The number of nitrogens with one attached hydrogen (secondary N) is 2. The molecule has 114 valence electrons. The van der Waals surface area contributed by atoms with E-state index >= 15 is 0 Å². The Hall–Kier alpha value is -1.92. The standard InChI is InChI=1S/C16H19N5S/c1-2-8-21(14(4-1)13-6-7-17-19-13)11-12-10-18-20-16(12)15-5-3-9-22-15/h3,5-7,9-10,14H,1-2,4,8,11H2,(H,17,19)(H,18,20)/t14-/m1/s1. The van der Waals surface area contributed by atoms with Gasteiger partial charge in [-0.2, -0.15) is 10.2 Å². The van der Waals surface area contributed by atoms with Gasteiger partial charge in [0.2, 0.25) is 0 Å². The van der Waals surface area contributed by atoms with Crippen molar-refractivity contribution in [1.82, 2.24) is 25.3 Å². The van der Waals surface area contributed by atoms with Gasteiger partial charge in [-0.3, -0.25) is 15.1 Å². The van der Waals surface area contributed by atoms with Gasteiger partial charge in [-0.1, -0.05) is 12.5 Å². The minimum atomic E-state index is 0.433. The van der Waals surface area contributed by atoms with Crippen LogP contribution in [0.1, 0.15) is 36.6 Å². The monoisotopic (exact) mass is 313 g/mol. The second-order valence-electron chi connectivity index (χ2n) is 5.74. The zero-order valence-corrected chi connectivity index (χ0v) is 13.1. The van der Waals surface area contributed by atoms with Crippen molar-refractivity contribution in [2.45, 2.75) is 31.8 Å². The molecular formula is C16H19N5S. The van der Waals surface area contributed by atoms with E-state index in [1.54, 1.807) is 11.3 Å². The minimum Gasteiger partial charge on any atom is -0.290 e. The van der Waals surface area contributed by atoms with Gasteiger partial charge < -0.3 is 0 Å². The van der Waals surface area contributed by atoms with Crippen molar-refractivity contribution in [1.29, 1.82) is 0 Å². The summed E-state index contributed by atoms with van der Waals surface area (Å²) in [5, 5.41) is 16.8. The second kappa shape index (κ2) is 6.06. The number of hydrogen-bond donors (Lipinski definition) is 2. The summed E-state index contributed by atoms with van der Waals surface area (Å²) in [6.45, 7) is 2.05. The summed E-state index contributed by atoms with van der Waals surface area (Å²) in [6, 6.07) is 6.75. The Morgan fingerprint density at radius 1 is 1.23 bits per heavy atom. The fraction of sp³-hybridized carbons (Fsp3) is 0.375. The summed E-state index contributed by atoms with van der Waals surface area (Å²) in [6.07, 6.45) is 7.54. The Balaban J connectivity index is 1.58. The van der Waals surface area contributed by atoms with E-state index in [-0.39, 0.29) is 0 Å². The summed E-state index contributed by atoms with van der Waals surface area (Å²) in [7, 11) is 0. The molecule has 2 N–H and O–H groups in total. The molecule has 1 aliphatic rings. The number of aromatic amines is 2. The van der Waals surface area contributed by atoms with Crippen molar-refractivity contribution in [3.8, 4) is 10.6 Å². The first kappa shape index (κ1) is 13.7. The molecule has 4 heterocycles. The smallest absolute Gasteiger partial charge is 0.0794 e. The minimum absolute atomic E-state index is 0.433. The summed E-state index contributed by atoms with van der Waals surface area (Å²) in [5.74, 6) is 0. The highest BCUT2D eigenvalue weighted by molar-refractivity contribution is 7.13. The zero-order chi connectivity index (χ0) is 14.8. The van der Waals surface area contributed by atoms with Crippen molar-refractivity contribution in [3.63, 3.8) is 0 Å². The summed E-state index contributed by atoms with van der Waals surface area (Å²) in [4.78, 5) is 3.79. The van der Waals surface area contributed by atoms with Crippen LogP contribution in [0.2, 0.25) is 0 Å². The molecule has 0 spiro atoms. The molecule has 1 fully saturated rings. The first-order chi connectivity index (χ1) is 10.9. The van der Waals surface area contributed by atoms with Crippen LogP contribution in [0.3, 0.4) is 0 Å². The predicted octanol–water partition coefficient (Wildman–Crippen LogP) is 3.59. The predicted molar refractivity (Wildman–Crippen MR) is 87.5 cm³/mol. The van der Waals surface area contributed by atoms with Gasteiger partial charge in [0.25, 0.3) is 0 Å². The maximum atomic E-state index is 4.27. The Morgan fingerprint density at radius 2 is 2.23 bits per heavy atom. The molecule has 1 atom stereocenters. The topological polar surface area (TPSA) is 60.6 Å². The fourth-order valence-electron chi connectivity index (χ4n) is 3.27. The van der Waals surface area contributed by atoms with Crippen LogP contribution in [0.15, 0.2) is 36.0 Å². The van der Waals surface area contributed by atoms with E-state index in [0.717, 1.165) is 18.8 Å². The van der Waals surface area contributed by atoms with E-state index in [9.17, 15) is 0 Å². The third-order valence-corrected chi connectivity index (χ3v) is 5.24. The van der Waals surface area contributed by atoms with E-state index in [0.29, 0.717) is 6.04 Å². The summed E-state index contributed by atoms with van der Waals surface area (Å²) in [5.41, 5.74) is 3.65. The summed E-state index contributed by atoms with van der Waals surface area (Å²) >= 11 is 1.75. The highest BCUT2D eigenvalue weighted by atomic mass is 32.1. The molecule has 0 radical (unpaired) electrons. The molecule has 3 aromatic heterocycles. The van der Waals surface area contributed by atoms with Crippen molar-refractivity contribution in [2.75, 3.05) is 6.54 Å². The Labute approximate surface area is 133 Å². The number of nitrogens with zero attached hydrogens (tertiary/aromatic N) is 3. The van der Waals surface area contributed by atoms with Crippen LogP contribution in [0, 0.1) is 0 Å². The molecule has 22 heavy (non-hydrogen) atoms. The lowest BCUT2D eigenvalue weighted by Crippen LogP contribution is -2.33. The highest BCUT2D eigenvalue weighted by Crippen LogP contribution is 2.33.